The van der Waals surface area contributed by atoms with Crippen molar-refractivity contribution < 1.29 is 38.5 Å². The van der Waals surface area contributed by atoms with Crippen LogP contribution in [0.4, 0.5) is 0 Å². The minimum Gasteiger partial charge on any atom is -0.400 e. The maximum Gasteiger partial charge on any atom is 0.342 e. The number of imide groups is 1. The molecule has 214 valence electrons. The highest BCUT2D eigenvalue weighted by molar-refractivity contribution is 6.15. The average molecular weight is 561 g/mol. The fourth-order valence-corrected chi connectivity index (χ4v) is 5.45. The first-order valence-electron chi connectivity index (χ1n) is 13.5. The van der Waals surface area contributed by atoms with Crippen molar-refractivity contribution in [3.63, 3.8) is 0 Å². The smallest absolute Gasteiger partial charge is 0.342 e. The number of nitrogens with two attached hydrogens (primary N) is 1. The van der Waals surface area contributed by atoms with Crippen LogP contribution in [0, 0.1) is 23.7 Å². The van der Waals surface area contributed by atoms with Crippen LogP contribution in [0.25, 0.3) is 0 Å². The van der Waals surface area contributed by atoms with Crippen LogP contribution in [0.15, 0.2) is 95.2 Å². The van der Waals surface area contributed by atoms with Gasteiger partial charge >= 0.3 is 11.9 Å². The van der Waals surface area contributed by atoms with E-state index in [0.29, 0.717) is 36.9 Å². The van der Waals surface area contributed by atoms with E-state index in [1.807, 2.05) is 60.8 Å². The molecule has 0 saturated carbocycles. The van der Waals surface area contributed by atoms with E-state index in [4.69, 9.17) is 20.3 Å². The first-order valence-corrected chi connectivity index (χ1v) is 13.5. The zero-order valence-electron chi connectivity index (χ0n) is 22.6. The lowest BCUT2D eigenvalue weighted by molar-refractivity contribution is -0.157. The van der Waals surface area contributed by atoms with E-state index in [9.17, 15) is 19.2 Å². The van der Waals surface area contributed by atoms with Gasteiger partial charge in [0.25, 0.3) is 11.8 Å². The third-order valence-electron chi connectivity index (χ3n) is 7.64. The second kappa shape index (κ2) is 12.3. The number of esters is 2. The number of epoxide rings is 2. The molecule has 2 unspecified atom stereocenters. The highest BCUT2D eigenvalue weighted by Gasteiger charge is 2.46. The normalized spacial score (nSPS) is 32.1. The summed E-state index contributed by atoms with van der Waals surface area (Å²) in [6.45, 7) is 2.59. The van der Waals surface area contributed by atoms with E-state index in [2.05, 4.69) is 4.74 Å². The van der Waals surface area contributed by atoms with Gasteiger partial charge in [0.2, 0.25) is 0 Å². The summed E-state index contributed by atoms with van der Waals surface area (Å²) in [6.07, 6.45) is 23.1. The van der Waals surface area contributed by atoms with Gasteiger partial charge in [0.1, 0.15) is 0 Å². The van der Waals surface area contributed by atoms with Gasteiger partial charge in [-0.25, -0.2) is 9.59 Å². The van der Waals surface area contributed by atoms with Crippen LogP contribution in [0.2, 0.25) is 0 Å². The first kappa shape index (κ1) is 28.6. The van der Waals surface area contributed by atoms with E-state index in [1.54, 1.807) is 12.2 Å². The summed E-state index contributed by atoms with van der Waals surface area (Å²) in [5.74, 6) is -1.31. The molecule has 0 spiro atoms. The third kappa shape index (κ3) is 5.91. The van der Waals surface area contributed by atoms with E-state index < -0.39 is 11.9 Å². The van der Waals surface area contributed by atoms with E-state index in [1.165, 1.54) is 4.90 Å². The standard InChI is InChI=1S/C15H13NO3.C12H8O3.C3H7NO.CH4O/c17-14-11-5-1-3-9-4-2-6-12(13(9)11)15(18)16(14)7-10-8-19-10;13-11-8-5-1-3-7-4-2-6-9(10(7)8)12(14)15-11;4-1-3-2-5-3;1-2/h1-6,9-10,13H,7-8H2;1-7,10H;3H,1-2,4H2;2H,1H3. The van der Waals surface area contributed by atoms with Crippen LogP contribution in [0.5, 0.6) is 0 Å². The Morgan fingerprint density at radius 1 is 0.707 bits per heavy atom. The molecule has 4 saturated heterocycles. The SMILES string of the molecule is CO.NCC1CO1.O=C1C2=CC=CC3C=CC=C(C(=O)N1CC1CO1)C23.O=C1OC(=O)C2=CC=CC3C=CC=C1C23. The number of likely N-dealkylation sites (tertiary alicyclic amines) is 1. The topological polar surface area (TPSA) is 152 Å². The summed E-state index contributed by atoms with van der Waals surface area (Å²) in [4.78, 5) is 49.2. The number of ether oxygens (including phenoxy) is 3. The number of cyclic esters (lactones) is 2. The fourth-order valence-electron chi connectivity index (χ4n) is 5.45. The maximum absolute atomic E-state index is 12.5. The lowest BCUT2D eigenvalue weighted by atomic mass is 9.72. The summed E-state index contributed by atoms with van der Waals surface area (Å²) in [7, 11) is 1.00. The molecular formula is C31H32N2O8. The number of nitrogens with zero attached hydrogens (tertiary/aromatic N) is 1. The number of aliphatic hydroxyl groups is 1. The number of amides is 2. The van der Waals surface area contributed by atoms with Gasteiger partial charge in [0, 0.05) is 59.6 Å². The Bertz CT molecular complexity index is 1280. The molecule has 0 radical (unpaired) electrons. The molecule has 2 amide bonds. The van der Waals surface area contributed by atoms with Crippen molar-refractivity contribution in [3.05, 3.63) is 95.2 Å². The Morgan fingerprint density at radius 3 is 1.46 bits per heavy atom. The van der Waals surface area contributed by atoms with Crippen LogP contribution in [-0.4, -0.2) is 79.4 Å². The van der Waals surface area contributed by atoms with Crippen molar-refractivity contribution in [3.8, 4) is 0 Å². The molecule has 0 bridgehead atoms. The van der Waals surface area contributed by atoms with Crippen molar-refractivity contribution in [2.75, 3.05) is 33.4 Å². The molecule has 10 nitrogen and oxygen atoms in total. The predicted molar refractivity (Wildman–Crippen MR) is 147 cm³/mol. The van der Waals surface area contributed by atoms with E-state index >= 15 is 0 Å². The quantitative estimate of drug-likeness (QED) is 0.225. The minimum atomic E-state index is -0.508. The largest absolute Gasteiger partial charge is 0.400 e. The molecule has 4 fully saturated rings. The zero-order chi connectivity index (χ0) is 29.1. The molecule has 8 rings (SSSR count). The summed E-state index contributed by atoms with van der Waals surface area (Å²) in [6, 6.07) is 0. The number of allylic oxidation sites excluding steroid dienone is 12. The van der Waals surface area contributed by atoms with Gasteiger partial charge < -0.3 is 25.1 Å². The molecule has 2 atom stereocenters. The number of hydrogen-bond acceptors (Lipinski definition) is 9. The van der Waals surface area contributed by atoms with Crippen LogP contribution < -0.4 is 5.73 Å². The molecule has 10 heteroatoms. The highest BCUT2D eigenvalue weighted by atomic mass is 16.6. The van der Waals surface area contributed by atoms with Crippen molar-refractivity contribution in [2.45, 2.75) is 12.2 Å². The molecule has 41 heavy (non-hydrogen) atoms. The summed E-state index contributed by atoms with van der Waals surface area (Å²) >= 11 is 0. The van der Waals surface area contributed by atoms with Crippen molar-refractivity contribution >= 4 is 23.8 Å². The summed E-state index contributed by atoms with van der Waals surface area (Å²) < 4.78 is 14.5. The second-order valence-corrected chi connectivity index (χ2v) is 10.2. The highest BCUT2D eigenvalue weighted by Crippen LogP contribution is 2.42. The zero-order valence-corrected chi connectivity index (χ0v) is 22.6. The summed E-state index contributed by atoms with van der Waals surface area (Å²) in [5.41, 5.74) is 7.72. The number of aliphatic hydroxyl groups excluding tert-OH is 1. The number of carbonyl (C=O) groups excluding carboxylic acids is 4. The van der Waals surface area contributed by atoms with Gasteiger partial charge in [-0.3, -0.25) is 14.5 Å². The van der Waals surface area contributed by atoms with E-state index in [0.717, 1.165) is 24.9 Å². The van der Waals surface area contributed by atoms with Crippen LogP contribution in [0.3, 0.4) is 0 Å². The second-order valence-electron chi connectivity index (χ2n) is 10.2. The Morgan fingerprint density at radius 2 is 1.10 bits per heavy atom. The third-order valence-corrected chi connectivity index (χ3v) is 7.64. The first-order chi connectivity index (χ1) is 20.0. The Labute approximate surface area is 237 Å². The van der Waals surface area contributed by atoms with Crippen molar-refractivity contribution in [1.82, 2.24) is 4.90 Å². The van der Waals surface area contributed by atoms with Gasteiger partial charge in [-0.1, -0.05) is 72.9 Å². The van der Waals surface area contributed by atoms with Crippen molar-refractivity contribution in [2.24, 2.45) is 29.4 Å². The number of piperidine rings is 1. The molecular weight excluding hydrogens is 528 g/mol. The van der Waals surface area contributed by atoms with Gasteiger partial charge in [-0.15, -0.1) is 0 Å². The molecule has 0 aromatic rings. The number of rotatable bonds is 3. The van der Waals surface area contributed by atoms with Crippen molar-refractivity contribution in [1.29, 1.82) is 0 Å². The van der Waals surface area contributed by atoms with Gasteiger partial charge in [-0.05, 0) is 0 Å². The molecule has 4 aliphatic carbocycles. The number of hydrogen-bond donors (Lipinski definition) is 2. The summed E-state index contributed by atoms with van der Waals surface area (Å²) in [5, 5.41) is 7.00. The Kier molecular flexibility index (Phi) is 8.55. The van der Waals surface area contributed by atoms with E-state index in [-0.39, 0.29) is 41.6 Å². The van der Waals surface area contributed by atoms with Gasteiger partial charge in [-0.2, -0.15) is 0 Å². The molecule has 4 aliphatic heterocycles. The number of carbonyl (C=O) groups is 4. The molecule has 0 aromatic carbocycles. The van der Waals surface area contributed by atoms with Gasteiger partial charge in [0.05, 0.1) is 32.0 Å². The van der Waals surface area contributed by atoms with Crippen LogP contribution >= 0.6 is 0 Å². The molecule has 8 aliphatic rings. The fraction of sp³-hybridized carbons (Fsp3) is 0.355. The average Bonchev–Trinajstić information content (AvgIpc) is 3.94. The Balaban J connectivity index is 0.000000136. The van der Waals surface area contributed by atoms with Crippen LogP contribution in [0.1, 0.15) is 0 Å². The Hall–Kier alpha value is -3.96. The molecule has 0 aromatic heterocycles. The monoisotopic (exact) mass is 560 g/mol. The lowest BCUT2D eigenvalue weighted by Crippen LogP contribution is -2.50. The maximum atomic E-state index is 12.5. The minimum absolute atomic E-state index is 0.0275. The van der Waals surface area contributed by atoms with Crippen LogP contribution in [-0.2, 0) is 33.4 Å². The predicted octanol–water partition coefficient (Wildman–Crippen LogP) is 1.23. The lowest BCUT2D eigenvalue weighted by Gasteiger charge is -2.38. The molecule has 3 N–H and O–H groups in total. The van der Waals surface area contributed by atoms with Gasteiger partial charge in [0.15, 0.2) is 0 Å². The molecule has 4 heterocycles.